The Labute approximate surface area is 280 Å². The smallest absolute Gasteiger partial charge is 0.234 e. The molecule has 0 radical (unpaired) electrons. The Kier molecular flexibility index (Phi) is 7.83. The standard InChI is InChI=1S/C39H54N4O2S/c1-24-19-25(2)21-28(20-24)34-30(14-18-42-16-12-26(13-17-42)23-40-35(44)27-7-5-6-8-27)31-22-33(46-36(31)41-34)38(3,4)37(45)43-32-10-9-29-11-15-39(29,32)43/h19-22,26-27,29-30,32,34,41H,5-18,23H2,1-4H3,(H,40,44). The number of fused-ring (bicyclic) bond motifs is 1. The molecule has 5 atom stereocenters. The van der Waals surface area contributed by atoms with Gasteiger partial charge in [-0.15, -0.1) is 11.3 Å². The number of benzene rings is 1. The number of likely N-dealkylation sites (tertiary alicyclic amines) is 2. The average Bonchev–Trinajstić information content (AvgIpc) is 3.50. The Morgan fingerprint density at radius 2 is 1.72 bits per heavy atom. The lowest BCUT2D eigenvalue weighted by Gasteiger charge is -2.37. The molecule has 0 bridgehead atoms. The minimum Gasteiger partial charge on any atom is -0.369 e. The van der Waals surface area contributed by atoms with Crippen molar-refractivity contribution in [3.8, 4) is 0 Å². The van der Waals surface area contributed by atoms with Gasteiger partial charge in [-0.05, 0) is 134 Å². The molecule has 6 aliphatic rings. The molecule has 3 saturated carbocycles. The zero-order valence-electron chi connectivity index (χ0n) is 28.5. The maximum atomic E-state index is 14.1. The fourth-order valence-electron chi connectivity index (χ4n) is 10.3. The molecule has 46 heavy (non-hydrogen) atoms. The largest absolute Gasteiger partial charge is 0.369 e. The quantitative estimate of drug-likeness (QED) is 0.279. The SMILES string of the molecule is Cc1cc(C)cc(C2Nc3sc(C(C)(C)C(=O)N4C5CCC6CCC654)cc3C2CCN2CCC(CNC(=O)C3CCCC3)CC2)c1. The van der Waals surface area contributed by atoms with Crippen molar-refractivity contribution in [2.75, 3.05) is 31.5 Å². The van der Waals surface area contributed by atoms with Crippen molar-refractivity contribution in [2.45, 2.75) is 127 Å². The highest BCUT2D eigenvalue weighted by molar-refractivity contribution is 7.16. The van der Waals surface area contributed by atoms with Crippen molar-refractivity contribution in [2.24, 2.45) is 17.8 Å². The molecule has 7 heteroatoms. The first-order valence-electron chi connectivity index (χ1n) is 18.5. The second kappa shape index (κ2) is 11.6. The third-order valence-corrected chi connectivity index (χ3v) is 14.6. The van der Waals surface area contributed by atoms with E-state index in [1.165, 1.54) is 83.5 Å². The molecule has 5 unspecified atom stereocenters. The summed E-state index contributed by atoms with van der Waals surface area (Å²) in [5, 5.41) is 8.54. The highest BCUT2D eigenvalue weighted by Crippen LogP contribution is 2.68. The number of aryl methyl sites for hydroxylation is 2. The highest BCUT2D eigenvalue weighted by Gasteiger charge is 2.76. The zero-order chi connectivity index (χ0) is 31.8. The Hall–Kier alpha value is -2.38. The molecular weight excluding hydrogens is 589 g/mol. The molecule has 1 spiro atoms. The van der Waals surface area contributed by atoms with Crippen LogP contribution in [0.3, 0.4) is 0 Å². The van der Waals surface area contributed by atoms with E-state index in [4.69, 9.17) is 0 Å². The van der Waals surface area contributed by atoms with Crippen LogP contribution >= 0.6 is 11.3 Å². The number of nitrogens with one attached hydrogen (secondary N) is 2. The number of rotatable bonds is 9. The number of hydrogen-bond donors (Lipinski definition) is 2. The van der Waals surface area contributed by atoms with Crippen LogP contribution in [-0.2, 0) is 15.0 Å². The molecule has 2 amide bonds. The summed E-state index contributed by atoms with van der Waals surface area (Å²) in [6, 6.07) is 10.2. The van der Waals surface area contributed by atoms with E-state index >= 15 is 0 Å². The number of anilines is 1. The third-order valence-electron chi connectivity index (χ3n) is 13.2. The van der Waals surface area contributed by atoms with Gasteiger partial charge in [0.05, 0.1) is 28.0 Å². The van der Waals surface area contributed by atoms with Crippen LogP contribution in [0.15, 0.2) is 24.3 Å². The zero-order valence-corrected chi connectivity index (χ0v) is 29.3. The van der Waals surface area contributed by atoms with Crippen LogP contribution in [0.4, 0.5) is 5.00 Å². The number of amides is 2. The predicted molar refractivity (Wildman–Crippen MR) is 186 cm³/mol. The Bertz CT molecular complexity index is 1480. The van der Waals surface area contributed by atoms with Crippen LogP contribution in [0.1, 0.15) is 124 Å². The summed E-state index contributed by atoms with van der Waals surface area (Å²) in [4.78, 5) is 32.8. The summed E-state index contributed by atoms with van der Waals surface area (Å²) in [7, 11) is 0. The lowest BCUT2D eigenvalue weighted by atomic mass is 9.73. The molecule has 2 N–H and O–H groups in total. The van der Waals surface area contributed by atoms with E-state index in [1.807, 2.05) is 11.3 Å². The van der Waals surface area contributed by atoms with Gasteiger partial charge in [0.1, 0.15) is 0 Å². The van der Waals surface area contributed by atoms with E-state index in [0.717, 1.165) is 51.4 Å². The number of carbonyl (C=O) groups is 2. The lowest BCUT2D eigenvalue weighted by molar-refractivity contribution is -0.134. The predicted octanol–water partition coefficient (Wildman–Crippen LogP) is 7.45. The molecule has 8 rings (SSSR count). The fourth-order valence-corrected chi connectivity index (χ4v) is 11.6. The fraction of sp³-hybridized carbons (Fsp3) is 0.692. The van der Waals surface area contributed by atoms with Gasteiger partial charge in [-0.2, -0.15) is 0 Å². The summed E-state index contributed by atoms with van der Waals surface area (Å²) in [5.74, 6) is 2.65. The molecular formula is C39H54N4O2S. The first-order chi connectivity index (χ1) is 22.1. The van der Waals surface area contributed by atoms with E-state index in [0.29, 0.717) is 29.7 Å². The molecule has 248 valence electrons. The highest BCUT2D eigenvalue weighted by atomic mass is 32.1. The van der Waals surface area contributed by atoms with Crippen molar-refractivity contribution < 1.29 is 9.59 Å². The van der Waals surface area contributed by atoms with Crippen LogP contribution in [0.2, 0.25) is 0 Å². The van der Waals surface area contributed by atoms with Crippen molar-refractivity contribution in [3.63, 3.8) is 0 Å². The molecule has 3 aliphatic heterocycles. The van der Waals surface area contributed by atoms with Crippen molar-refractivity contribution in [1.29, 1.82) is 0 Å². The summed E-state index contributed by atoms with van der Waals surface area (Å²) in [5.41, 5.74) is 5.17. The maximum Gasteiger partial charge on any atom is 0.234 e. The third kappa shape index (κ3) is 5.14. The Morgan fingerprint density at radius 3 is 2.39 bits per heavy atom. The van der Waals surface area contributed by atoms with Gasteiger partial charge in [-0.1, -0.05) is 42.2 Å². The van der Waals surface area contributed by atoms with Crippen LogP contribution in [-0.4, -0.2) is 59.4 Å². The Balaban J connectivity index is 0.946. The van der Waals surface area contributed by atoms with Crippen molar-refractivity contribution >= 4 is 28.2 Å². The van der Waals surface area contributed by atoms with Crippen molar-refractivity contribution in [1.82, 2.24) is 15.1 Å². The monoisotopic (exact) mass is 642 g/mol. The molecule has 5 fully saturated rings. The van der Waals surface area contributed by atoms with E-state index in [9.17, 15) is 9.59 Å². The second-order valence-electron chi connectivity index (χ2n) is 16.5. The topological polar surface area (TPSA) is 64.5 Å². The number of thiophene rings is 1. The van der Waals surface area contributed by atoms with Crippen molar-refractivity contribution in [3.05, 3.63) is 51.4 Å². The van der Waals surface area contributed by atoms with E-state index in [-0.39, 0.29) is 17.5 Å². The molecule has 4 heterocycles. The number of carbonyl (C=O) groups excluding carboxylic acids is 2. The van der Waals surface area contributed by atoms with Gasteiger partial charge in [0.25, 0.3) is 0 Å². The molecule has 3 aliphatic carbocycles. The van der Waals surface area contributed by atoms with Gasteiger partial charge in [-0.3, -0.25) is 9.59 Å². The van der Waals surface area contributed by atoms with E-state index < -0.39 is 5.41 Å². The first kappa shape index (κ1) is 30.9. The molecule has 1 aromatic carbocycles. The van der Waals surface area contributed by atoms with Crippen LogP contribution in [0.5, 0.6) is 0 Å². The molecule has 2 saturated heterocycles. The molecule has 1 aromatic heterocycles. The van der Waals surface area contributed by atoms with Gasteiger partial charge in [0.15, 0.2) is 0 Å². The van der Waals surface area contributed by atoms with Gasteiger partial charge in [0, 0.05) is 23.3 Å². The van der Waals surface area contributed by atoms with Gasteiger partial charge in [-0.25, -0.2) is 0 Å². The summed E-state index contributed by atoms with van der Waals surface area (Å²) < 4.78 is 0. The number of nitrogens with zero attached hydrogens (tertiary/aromatic N) is 2. The molecule has 2 aromatic rings. The maximum absolute atomic E-state index is 14.1. The summed E-state index contributed by atoms with van der Waals surface area (Å²) in [6.45, 7) is 12.9. The van der Waals surface area contributed by atoms with Gasteiger partial charge >= 0.3 is 0 Å². The van der Waals surface area contributed by atoms with E-state index in [1.54, 1.807) is 0 Å². The Morgan fingerprint density at radius 1 is 0.978 bits per heavy atom. The average molecular weight is 643 g/mol. The summed E-state index contributed by atoms with van der Waals surface area (Å²) in [6.07, 6.45) is 13.1. The molecule has 6 nitrogen and oxygen atoms in total. The number of hydrogen-bond acceptors (Lipinski definition) is 5. The van der Waals surface area contributed by atoms with Crippen LogP contribution < -0.4 is 10.6 Å². The minimum atomic E-state index is -0.495. The lowest BCUT2D eigenvalue weighted by Crippen LogP contribution is -2.44. The minimum absolute atomic E-state index is 0.234. The van der Waals surface area contributed by atoms with Gasteiger partial charge in [0.2, 0.25) is 11.8 Å². The van der Waals surface area contributed by atoms with Crippen LogP contribution in [0.25, 0.3) is 0 Å². The second-order valence-corrected chi connectivity index (χ2v) is 17.5. The van der Waals surface area contributed by atoms with Gasteiger partial charge < -0.3 is 20.4 Å². The first-order valence-corrected chi connectivity index (χ1v) is 19.3. The normalized spacial score (nSPS) is 30.8. The van der Waals surface area contributed by atoms with E-state index in [2.05, 4.69) is 72.4 Å². The van der Waals surface area contributed by atoms with Crippen LogP contribution in [0, 0.1) is 31.6 Å². The number of piperidine rings is 2. The summed E-state index contributed by atoms with van der Waals surface area (Å²) >= 11 is 1.83.